The number of benzene rings is 1. The van der Waals surface area contributed by atoms with Crippen molar-refractivity contribution in [3.05, 3.63) is 55.7 Å². The zero-order valence-electron chi connectivity index (χ0n) is 9.13. The van der Waals surface area contributed by atoms with Crippen molar-refractivity contribution in [2.75, 3.05) is 0 Å². The first-order valence-corrected chi connectivity index (χ1v) is 7.14. The van der Waals surface area contributed by atoms with Gasteiger partial charge in [0, 0.05) is 9.35 Å². The third-order valence-electron chi connectivity index (χ3n) is 2.57. The van der Waals surface area contributed by atoms with E-state index in [9.17, 15) is 0 Å². The van der Waals surface area contributed by atoms with Crippen LogP contribution >= 0.6 is 38.9 Å². The highest BCUT2D eigenvalue weighted by Gasteiger charge is 2.16. The highest BCUT2D eigenvalue weighted by atomic mass is 79.9. The molecule has 0 aliphatic carbocycles. The molecule has 1 atom stereocenters. The van der Waals surface area contributed by atoms with Gasteiger partial charge < -0.3 is 0 Å². The van der Waals surface area contributed by atoms with Gasteiger partial charge in [0.15, 0.2) is 0 Å². The number of halogens is 2. The fraction of sp³-hybridized carbons (Fsp3) is 0.231. The van der Waals surface area contributed by atoms with Crippen LogP contribution in [0.1, 0.15) is 26.9 Å². The van der Waals surface area contributed by atoms with Gasteiger partial charge in [0.1, 0.15) is 0 Å². The molecule has 2 rings (SSSR count). The SMILES string of the molecule is Cc1ccc(C(Cl)c2sccc2Br)c(C)c1. The monoisotopic (exact) mass is 314 g/mol. The largest absolute Gasteiger partial charge is 0.146 e. The summed E-state index contributed by atoms with van der Waals surface area (Å²) < 4.78 is 1.09. The molecule has 0 N–H and O–H groups in total. The summed E-state index contributed by atoms with van der Waals surface area (Å²) in [5, 5.41) is 1.99. The fourth-order valence-electron chi connectivity index (χ4n) is 1.74. The molecule has 84 valence electrons. The number of rotatable bonds is 2. The molecule has 0 spiro atoms. The van der Waals surface area contributed by atoms with Crippen LogP contribution in [0.25, 0.3) is 0 Å². The molecular formula is C13H12BrClS. The van der Waals surface area contributed by atoms with Crippen LogP contribution in [0.15, 0.2) is 34.1 Å². The van der Waals surface area contributed by atoms with Gasteiger partial charge in [-0.25, -0.2) is 0 Å². The highest BCUT2D eigenvalue weighted by molar-refractivity contribution is 9.10. The molecule has 1 aromatic heterocycles. The molecule has 1 unspecified atom stereocenters. The Morgan fingerprint density at radius 3 is 2.56 bits per heavy atom. The lowest BCUT2D eigenvalue weighted by Crippen LogP contribution is -1.95. The first kappa shape index (κ1) is 12.2. The van der Waals surface area contributed by atoms with Gasteiger partial charge in [0.2, 0.25) is 0 Å². The lowest BCUT2D eigenvalue weighted by atomic mass is 10.0. The van der Waals surface area contributed by atoms with Crippen molar-refractivity contribution in [2.24, 2.45) is 0 Å². The van der Waals surface area contributed by atoms with Crippen LogP contribution < -0.4 is 0 Å². The molecule has 0 nitrogen and oxygen atoms in total. The summed E-state index contributed by atoms with van der Waals surface area (Å²) in [6, 6.07) is 8.44. The first-order chi connectivity index (χ1) is 7.59. The molecule has 2 aromatic rings. The van der Waals surface area contributed by atoms with E-state index in [0.29, 0.717) is 0 Å². The standard InChI is InChI=1S/C13H12BrClS/c1-8-3-4-10(9(2)7-8)12(15)13-11(14)5-6-16-13/h3-7,12H,1-2H3. The molecule has 0 bridgehead atoms. The van der Waals surface area contributed by atoms with Gasteiger partial charge in [-0.2, -0.15) is 0 Å². The molecule has 0 aliphatic heterocycles. The summed E-state index contributed by atoms with van der Waals surface area (Å²) in [6.07, 6.45) is 0. The van der Waals surface area contributed by atoms with E-state index in [4.69, 9.17) is 11.6 Å². The van der Waals surface area contributed by atoms with Crippen LogP contribution in [0.2, 0.25) is 0 Å². The first-order valence-electron chi connectivity index (χ1n) is 5.03. The molecule has 0 fully saturated rings. The quantitative estimate of drug-likeness (QED) is 0.646. The van der Waals surface area contributed by atoms with Crippen LogP contribution in [0.4, 0.5) is 0 Å². The summed E-state index contributed by atoms with van der Waals surface area (Å²) in [7, 11) is 0. The van der Waals surface area contributed by atoms with E-state index in [1.165, 1.54) is 21.6 Å². The lowest BCUT2D eigenvalue weighted by Gasteiger charge is -2.12. The van der Waals surface area contributed by atoms with Crippen LogP contribution in [0, 0.1) is 13.8 Å². The predicted molar refractivity (Wildman–Crippen MR) is 75.6 cm³/mol. The third-order valence-corrected chi connectivity index (χ3v) is 5.09. The Bertz CT molecular complexity index is 504. The Balaban J connectivity index is 2.41. The van der Waals surface area contributed by atoms with Crippen LogP contribution in [-0.4, -0.2) is 0 Å². The Hall–Kier alpha value is -0.310. The van der Waals surface area contributed by atoms with E-state index in [1.807, 2.05) is 6.07 Å². The summed E-state index contributed by atoms with van der Waals surface area (Å²) >= 11 is 11.7. The number of hydrogen-bond donors (Lipinski definition) is 0. The van der Waals surface area contributed by atoms with Crippen molar-refractivity contribution < 1.29 is 0 Å². The Morgan fingerprint density at radius 1 is 1.25 bits per heavy atom. The number of aryl methyl sites for hydroxylation is 2. The molecule has 1 heterocycles. The van der Waals surface area contributed by atoms with E-state index >= 15 is 0 Å². The van der Waals surface area contributed by atoms with Gasteiger partial charge in [0.05, 0.1) is 5.38 Å². The van der Waals surface area contributed by atoms with Gasteiger partial charge in [-0.05, 0) is 52.4 Å². The molecule has 3 heteroatoms. The summed E-state index contributed by atoms with van der Waals surface area (Å²) in [4.78, 5) is 1.17. The highest BCUT2D eigenvalue weighted by Crippen LogP contribution is 2.38. The van der Waals surface area contributed by atoms with Gasteiger partial charge in [-0.1, -0.05) is 23.8 Å². The number of alkyl halides is 1. The summed E-state index contributed by atoms with van der Waals surface area (Å²) in [5.74, 6) is 0. The van der Waals surface area contributed by atoms with Crippen molar-refractivity contribution in [2.45, 2.75) is 19.2 Å². The van der Waals surface area contributed by atoms with Crippen LogP contribution in [0.3, 0.4) is 0 Å². The molecule has 0 aliphatic rings. The molecule has 0 radical (unpaired) electrons. The molecule has 0 saturated heterocycles. The van der Waals surface area contributed by atoms with Gasteiger partial charge in [-0.15, -0.1) is 22.9 Å². The van der Waals surface area contributed by atoms with Crippen molar-refractivity contribution in [3.8, 4) is 0 Å². The Morgan fingerprint density at radius 2 is 2.00 bits per heavy atom. The van der Waals surface area contributed by atoms with E-state index in [2.05, 4.69) is 53.4 Å². The second-order valence-electron chi connectivity index (χ2n) is 3.86. The third kappa shape index (κ3) is 2.34. The molecule has 0 saturated carbocycles. The van der Waals surface area contributed by atoms with Crippen LogP contribution in [-0.2, 0) is 0 Å². The second-order valence-corrected chi connectivity index (χ2v) is 6.09. The second kappa shape index (κ2) is 4.91. The van der Waals surface area contributed by atoms with Crippen molar-refractivity contribution in [3.63, 3.8) is 0 Å². The van der Waals surface area contributed by atoms with Gasteiger partial charge in [0.25, 0.3) is 0 Å². The Kier molecular flexibility index (Phi) is 3.73. The number of hydrogen-bond acceptors (Lipinski definition) is 1. The van der Waals surface area contributed by atoms with Crippen molar-refractivity contribution in [1.82, 2.24) is 0 Å². The zero-order valence-corrected chi connectivity index (χ0v) is 12.3. The van der Waals surface area contributed by atoms with Crippen LogP contribution in [0.5, 0.6) is 0 Å². The minimum Gasteiger partial charge on any atom is -0.146 e. The van der Waals surface area contributed by atoms with E-state index < -0.39 is 0 Å². The lowest BCUT2D eigenvalue weighted by molar-refractivity contribution is 1.13. The maximum Gasteiger partial charge on any atom is 0.0941 e. The van der Waals surface area contributed by atoms with Crippen molar-refractivity contribution in [1.29, 1.82) is 0 Å². The van der Waals surface area contributed by atoms with Gasteiger partial charge >= 0.3 is 0 Å². The number of thiophene rings is 1. The molecular weight excluding hydrogens is 304 g/mol. The normalized spacial score (nSPS) is 12.8. The average molecular weight is 316 g/mol. The predicted octanol–water partition coefficient (Wildman–Crippen LogP) is 5.46. The Labute approximate surface area is 113 Å². The maximum atomic E-state index is 6.52. The molecule has 0 amide bonds. The maximum absolute atomic E-state index is 6.52. The average Bonchev–Trinajstić information content (AvgIpc) is 2.63. The van der Waals surface area contributed by atoms with E-state index in [-0.39, 0.29) is 5.38 Å². The van der Waals surface area contributed by atoms with Crippen molar-refractivity contribution >= 4 is 38.9 Å². The van der Waals surface area contributed by atoms with E-state index in [1.54, 1.807) is 11.3 Å². The minimum atomic E-state index is -0.0602. The minimum absolute atomic E-state index is 0.0602. The van der Waals surface area contributed by atoms with E-state index in [0.717, 1.165) is 4.47 Å². The topological polar surface area (TPSA) is 0 Å². The summed E-state index contributed by atoms with van der Waals surface area (Å²) in [5.41, 5.74) is 3.71. The fourth-order valence-corrected chi connectivity index (χ4v) is 3.98. The zero-order chi connectivity index (χ0) is 11.7. The summed E-state index contributed by atoms with van der Waals surface area (Å²) in [6.45, 7) is 4.21. The molecule has 16 heavy (non-hydrogen) atoms. The smallest absolute Gasteiger partial charge is 0.0941 e. The molecule has 1 aromatic carbocycles. The van der Waals surface area contributed by atoms with Gasteiger partial charge in [-0.3, -0.25) is 0 Å².